The van der Waals surface area contributed by atoms with Gasteiger partial charge in [0.15, 0.2) is 0 Å². The highest BCUT2D eigenvalue weighted by atomic mass is 32.2. The summed E-state index contributed by atoms with van der Waals surface area (Å²) in [6.07, 6.45) is 1.94. The lowest BCUT2D eigenvalue weighted by Gasteiger charge is -2.14. The number of carbonyl (C=O) groups excluding carboxylic acids is 1. The quantitative estimate of drug-likeness (QED) is 0.490. The fourth-order valence-electron chi connectivity index (χ4n) is 3.69. The molecule has 1 amide bonds. The van der Waals surface area contributed by atoms with Crippen LogP contribution in [0.4, 0.5) is 5.69 Å². The molecule has 4 rings (SSSR count). The van der Waals surface area contributed by atoms with E-state index in [9.17, 15) is 14.4 Å². The van der Waals surface area contributed by atoms with Gasteiger partial charge in [-0.1, -0.05) is 42.5 Å². The van der Waals surface area contributed by atoms with E-state index in [2.05, 4.69) is 5.32 Å². The highest BCUT2D eigenvalue weighted by molar-refractivity contribution is 7.98. The van der Waals surface area contributed by atoms with Gasteiger partial charge in [-0.25, -0.2) is 4.79 Å². The number of thioether (sulfide) groups is 1. The number of nitrogens with zero attached hydrogens (tertiary/aromatic N) is 3. The molecule has 0 aliphatic heterocycles. The minimum Gasteiger partial charge on any atom is -0.320 e. The van der Waals surface area contributed by atoms with Gasteiger partial charge in [-0.3, -0.25) is 18.7 Å². The fraction of sp³-hybridized carbons (Fsp3) is 0.174. The minimum absolute atomic E-state index is 0.313. The van der Waals surface area contributed by atoms with Crippen LogP contribution in [-0.4, -0.2) is 25.9 Å². The van der Waals surface area contributed by atoms with E-state index in [1.54, 1.807) is 17.7 Å². The molecule has 2 aromatic carbocycles. The Balaban J connectivity index is 1.91. The summed E-state index contributed by atoms with van der Waals surface area (Å²) in [6, 6.07) is 18.7. The molecule has 0 saturated heterocycles. The molecule has 8 heteroatoms. The number of fused-ring (bicyclic) bond motifs is 1. The summed E-state index contributed by atoms with van der Waals surface area (Å²) in [4.78, 5) is 39.6. The second kappa shape index (κ2) is 8.31. The molecular weight excluding hydrogens is 412 g/mol. The average molecular weight is 435 g/mol. The molecule has 2 aromatic heterocycles. The summed E-state index contributed by atoms with van der Waals surface area (Å²) in [6.45, 7) is 0.345. The lowest BCUT2D eigenvalue weighted by molar-refractivity contribution is 0.101. The highest BCUT2D eigenvalue weighted by Crippen LogP contribution is 2.26. The van der Waals surface area contributed by atoms with Crippen molar-refractivity contribution in [1.29, 1.82) is 0 Å². The summed E-state index contributed by atoms with van der Waals surface area (Å²) in [5.74, 6) is -0.344. The van der Waals surface area contributed by atoms with E-state index in [4.69, 9.17) is 0 Å². The molecule has 2 heterocycles. The normalized spacial score (nSPS) is 11.1. The molecule has 31 heavy (non-hydrogen) atoms. The van der Waals surface area contributed by atoms with E-state index < -0.39 is 11.2 Å². The van der Waals surface area contributed by atoms with Gasteiger partial charge >= 0.3 is 5.69 Å². The Labute approximate surface area is 182 Å². The number of aryl methyl sites for hydroxylation is 1. The Hall–Kier alpha value is -3.52. The third kappa shape index (κ3) is 3.70. The molecule has 0 radical (unpaired) electrons. The van der Waals surface area contributed by atoms with Crippen molar-refractivity contribution in [3.8, 4) is 0 Å². The number of nitrogens with one attached hydrogen (secondary N) is 1. The zero-order valence-corrected chi connectivity index (χ0v) is 18.3. The van der Waals surface area contributed by atoms with Crippen LogP contribution in [0.1, 0.15) is 16.1 Å². The van der Waals surface area contributed by atoms with Crippen molar-refractivity contribution in [3.05, 3.63) is 92.8 Å². The van der Waals surface area contributed by atoms with Crippen molar-refractivity contribution in [1.82, 2.24) is 13.7 Å². The molecule has 158 valence electrons. The van der Waals surface area contributed by atoms with Crippen LogP contribution in [0.15, 0.2) is 75.1 Å². The molecule has 0 saturated carbocycles. The first-order valence-electron chi connectivity index (χ1n) is 9.70. The highest BCUT2D eigenvalue weighted by Gasteiger charge is 2.22. The van der Waals surface area contributed by atoms with Crippen LogP contribution in [0, 0.1) is 0 Å². The van der Waals surface area contributed by atoms with Crippen LogP contribution < -0.4 is 16.6 Å². The average Bonchev–Trinajstić information content (AvgIpc) is 3.16. The number of para-hydroxylation sites is 1. The van der Waals surface area contributed by atoms with Crippen LogP contribution in [0.3, 0.4) is 0 Å². The zero-order chi connectivity index (χ0) is 22.1. The van der Waals surface area contributed by atoms with E-state index in [1.165, 1.54) is 23.4 Å². The van der Waals surface area contributed by atoms with Gasteiger partial charge in [0.25, 0.3) is 11.5 Å². The Morgan fingerprint density at radius 3 is 2.35 bits per heavy atom. The monoisotopic (exact) mass is 434 g/mol. The summed E-state index contributed by atoms with van der Waals surface area (Å²) >= 11 is 1.53. The SMILES string of the molecule is CSc1ccccc1NC(=O)c1cc2c(=O)n(C)c(=O)n(C)c2n1Cc1ccccc1. The number of amides is 1. The van der Waals surface area contributed by atoms with Crippen LogP contribution in [0.2, 0.25) is 0 Å². The van der Waals surface area contributed by atoms with Crippen molar-refractivity contribution in [2.75, 3.05) is 11.6 Å². The van der Waals surface area contributed by atoms with Gasteiger partial charge in [-0.2, -0.15) is 0 Å². The minimum atomic E-state index is -0.440. The third-order valence-electron chi connectivity index (χ3n) is 5.27. The maximum atomic E-state index is 13.3. The molecule has 7 nitrogen and oxygen atoms in total. The van der Waals surface area contributed by atoms with E-state index in [0.29, 0.717) is 29.0 Å². The molecule has 0 aliphatic rings. The summed E-state index contributed by atoms with van der Waals surface area (Å²) in [5.41, 5.74) is 1.51. The van der Waals surface area contributed by atoms with Crippen molar-refractivity contribution in [3.63, 3.8) is 0 Å². The number of aromatic nitrogens is 3. The summed E-state index contributed by atoms with van der Waals surface area (Å²) in [7, 11) is 3.05. The first-order chi connectivity index (χ1) is 14.9. The first-order valence-corrected chi connectivity index (χ1v) is 10.9. The molecule has 0 aliphatic carbocycles. The van der Waals surface area contributed by atoms with E-state index in [1.807, 2.05) is 60.9 Å². The predicted molar refractivity (Wildman–Crippen MR) is 124 cm³/mol. The maximum absolute atomic E-state index is 13.3. The number of rotatable bonds is 5. The van der Waals surface area contributed by atoms with Gasteiger partial charge in [0.2, 0.25) is 0 Å². The maximum Gasteiger partial charge on any atom is 0.332 e. The van der Waals surface area contributed by atoms with Crippen LogP contribution in [-0.2, 0) is 20.6 Å². The second-order valence-corrected chi connectivity index (χ2v) is 8.05. The summed E-state index contributed by atoms with van der Waals surface area (Å²) < 4.78 is 4.19. The van der Waals surface area contributed by atoms with Crippen molar-refractivity contribution >= 4 is 34.4 Å². The number of hydrogen-bond donors (Lipinski definition) is 1. The van der Waals surface area contributed by atoms with Gasteiger partial charge < -0.3 is 9.88 Å². The van der Waals surface area contributed by atoms with Crippen molar-refractivity contribution < 1.29 is 4.79 Å². The number of hydrogen-bond acceptors (Lipinski definition) is 4. The number of carbonyl (C=O) groups is 1. The molecule has 4 aromatic rings. The molecule has 0 atom stereocenters. The van der Waals surface area contributed by atoms with E-state index in [-0.39, 0.29) is 5.91 Å². The third-order valence-corrected chi connectivity index (χ3v) is 6.06. The summed E-state index contributed by atoms with van der Waals surface area (Å²) in [5, 5.41) is 3.28. The molecule has 0 fully saturated rings. The smallest absolute Gasteiger partial charge is 0.320 e. The Morgan fingerprint density at radius 1 is 0.968 bits per heavy atom. The van der Waals surface area contributed by atoms with Crippen LogP contribution in [0.5, 0.6) is 0 Å². The van der Waals surface area contributed by atoms with Gasteiger partial charge in [0, 0.05) is 25.5 Å². The Bertz CT molecular complexity index is 1400. The number of anilines is 1. The molecule has 0 bridgehead atoms. The second-order valence-electron chi connectivity index (χ2n) is 7.20. The fourth-order valence-corrected chi connectivity index (χ4v) is 4.24. The lowest BCUT2D eigenvalue weighted by Crippen LogP contribution is -2.37. The molecule has 1 N–H and O–H groups in total. The standard InChI is InChI=1S/C23H22N4O3S/c1-25-21-16(22(29)26(2)23(25)30)13-18(27(21)14-15-9-5-4-6-10-15)20(28)24-17-11-7-8-12-19(17)31-3/h4-13H,14H2,1-3H3,(H,24,28). The molecule has 0 unspecified atom stereocenters. The molecular formula is C23H22N4O3S. The van der Waals surface area contributed by atoms with Crippen LogP contribution in [0.25, 0.3) is 11.0 Å². The van der Waals surface area contributed by atoms with Crippen molar-refractivity contribution in [2.24, 2.45) is 14.1 Å². The van der Waals surface area contributed by atoms with Gasteiger partial charge in [-0.15, -0.1) is 11.8 Å². The largest absolute Gasteiger partial charge is 0.332 e. The van der Waals surface area contributed by atoms with Gasteiger partial charge in [-0.05, 0) is 30.0 Å². The van der Waals surface area contributed by atoms with E-state index >= 15 is 0 Å². The topological polar surface area (TPSA) is 78.0 Å². The van der Waals surface area contributed by atoms with Gasteiger partial charge in [0.1, 0.15) is 11.3 Å². The zero-order valence-electron chi connectivity index (χ0n) is 17.5. The Kier molecular flexibility index (Phi) is 5.56. The van der Waals surface area contributed by atoms with E-state index in [0.717, 1.165) is 15.0 Å². The predicted octanol–water partition coefficient (Wildman–Crippen LogP) is 3.06. The lowest BCUT2D eigenvalue weighted by atomic mass is 10.2. The van der Waals surface area contributed by atoms with Gasteiger partial charge in [0.05, 0.1) is 11.1 Å². The molecule has 0 spiro atoms. The Morgan fingerprint density at radius 2 is 1.65 bits per heavy atom. The van der Waals surface area contributed by atoms with Crippen LogP contribution >= 0.6 is 11.8 Å². The van der Waals surface area contributed by atoms with Crippen molar-refractivity contribution in [2.45, 2.75) is 11.4 Å². The first kappa shape index (κ1) is 20.7. The number of benzene rings is 2.